The Bertz CT molecular complexity index is 774. The maximum Gasteiger partial charge on any atom is 0.253 e. The first-order valence-electron chi connectivity index (χ1n) is 10.0. The quantitative estimate of drug-likeness (QED) is 0.832. The number of rotatable bonds is 6. The molecule has 2 aromatic rings. The highest BCUT2D eigenvalue weighted by Crippen LogP contribution is 2.20. The first kappa shape index (κ1) is 20.4. The van der Waals surface area contributed by atoms with Crippen molar-refractivity contribution >= 4 is 5.91 Å². The van der Waals surface area contributed by atoms with Gasteiger partial charge in [0.1, 0.15) is 0 Å². The van der Waals surface area contributed by atoms with Gasteiger partial charge in [0.2, 0.25) is 0 Å². The SMILES string of the molecule is Cc1ccc(-c2ccc(C(=O)N3CCN(CC(C)C)[C@@H](CCO)C3)cc2)nn1. The third kappa shape index (κ3) is 4.94. The van der Waals surface area contributed by atoms with E-state index in [2.05, 4.69) is 28.9 Å². The number of aromatic nitrogens is 2. The summed E-state index contributed by atoms with van der Waals surface area (Å²) in [4.78, 5) is 17.3. The molecule has 1 aromatic heterocycles. The Morgan fingerprint density at radius 1 is 1.14 bits per heavy atom. The number of carbonyl (C=O) groups is 1. The second-order valence-corrected chi connectivity index (χ2v) is 7.94. The standard InChI is InChI=1S/C22H30N4O2/c1-16(2)14-25-11-12-26(15-20(25)10-13-27)22(28)19-7-5-18(6-8-19)21-9-4-17(3)23-24-21/h4-9,16,20,27H,10-15H2,1-3H3/t20-/m0/s1. The molecule has 3 rings (SSSR count). The van der Waals surface area contributed by atoms with Gasteiger partial charge in [0.25, 0.3) is 5.91 Å². The molecule has 1 aromatic carbocycles. The molecular formula is C22H30N4O2. The Morgan fingerprint density at radius 2 is 1.89 bits per heavy atom. The molecule has 1 amide bonds. The summed E-state index contributed by atoms with van der Waals surface area (Å²) in [6.07, 6.45) is 0.696. The van der Waals surface area contributed by atoms with Crippen molar-refractivity contribution in [3.8, 4) is 11.3 Å². The van der Waals surface area contributed by atoms with Crippen molar-refractivity contribution in [3.05, 3.63) is 47.7 Å². The van der Waals surface area contributed by atoms with Crippen LogP contribution in [0.1, 0.15) is 36.3 Å². The molecule has 1 aliphatic rings. The molecule has 1 saturated heterocycles. The molecule has 150 valence electrons. The Kier molecular flexibility index (Phi) is 6.75. The molecule has 1 aliphatic heterocycles. The minimum absolute atomic E-state index is 0.0497. The molecule has 1 atom stereocenters. The lowest BCUT2D eigenvalue weighted by molar-refractivity contribution is 0.0384. The zero-order valence-corrected chi connectivity index (χ0v) is 17.0. The van der Waals surface area contributed by atoms with Crippen molar-refractivity contribution in [2.45, 2.75) is 33.2 Å². The van der Waals surface area contributed by atoms with Crippen LogP contribution in [-0.2, 0) is 0 Å². The minimum atomic E-state index is 0.0497. The molecule has 0 spiro atoms. The number of piperazine rings is 1. The monoisotopic (exact) mass is 382 g/mol. The van der Waals surface area contributed by atoms with E-state index in [-0.39, 0.29) is 18.6 Å². The zero-order chi connectivity index (χ0) is 20.1. The highest BCUT2D eigenvalue weighted by atomic mass is 16.3. The van der Waals surface area contributed by atoms with E-state index in [1.807, 2.05) is 48.2 Å². The van der Waals surface area contributed by atoms with Crippen LogP contribution in [-0.4, -0.2) is 69.8 Å². The summed E-state index contributed by atoms with van der Waals surface area (Å²) in [5.41, 5.74) is 3.31. The van der Waals surface area contributed by atoms with Gasteiger partial charge in [-0.2, -0.15) is 10.2 Å². The molecule has 0 aliphatic carbocycles. The summed E-state index contributed by atoms with van der Waals surface area (Å²) in [7, 11) is 0. The van der Waals surface area contributed by atoms with Gasteiger partial charge in [0.05, 0.1) is 11.4 Å². The number of nitrogens with zero attached hydrogens (tertiary/aromatic N) is 4. The van der Waals surface area contributed by atoms with Crippen molar-refractivity contribution in [1.29, 1.82) is 0 Å². The summed E-state index contributed by atoms with van der Waals surface area (Å²) >= 11 is 0. The first-order valence-corrected chi connectivity index (χ1v) is 10.0. The van der Waals surface area contributed by atoms with Gasteiger partial charge in [-0.25, -0.2) is 0 Å². The molecule has 6 heteroatoms. The van der Waals surface area contributed by atoms with Crippen LogP contribution >= 0.6 is 0 Å². The van der Waals surface area contributed by atoms with E-state index >= 15 is 0 Å². The van der Waals surface area contributed by atoms with Crippen LogP contribution in [0.2, 0.25) is 0 Å². The highest BCUT2D eigenvalue weighted by molar-refractivity contribution is 5.94. The first-order chi connectivity index (χ1) is 13.5. The maximum absolute atomic E-state index is 13.0. The van der Waals surface area contributed by atoms with Crippen molar-refractivity contribution in [2.75, 3.05) is 32.8 Å². The molecule has 0 bridgehead atoms. The summed E-state index contributed by atoms with van der Waals surface area (Å²) < 4.78 is 0. The maximum atomic E-state index is 13.0. The smallest absolute Gasteiger partial charge is 0.253 e. The molecule has 0 unspecified atom stereocenters. The molecular weight excluding hydrogens is 352 g/mol. The predicted molar refractivity (Wildman–Crippen MR) is 110 cm³/mol. The fourth-order valence-electron chi connectivity index (χ4n) is 3.73. The molecule has 28 heavy (non-hydrogen) atoms. The number of amides is 1. The van der Waals surface area contributed by atoms with Crippen LogP contribution < -0.4 is 0 Å². The Labute approximate surface area is 167 Å². The minimum Gasteiger partial charge on any atom is -0.396 e. The lowest BCUT2D eigenvalue weighted by Crippen LogP contribution is -2.55. The predicted octanol–water partition coefficient (Wildman–Crippen LogP) is 2.62. The fraction of sp³-hybridized carbons (Fsp3) is 0.500. The van der Waals surface area contributed by atoms with Gasteiger partial charge in [-0.05, 0) is 43.5 Å². The number of carbonyl (C=O) groups excluding carboxylic acids is 1. The lowest BCUT2D eigenvalue weighted by atomic mass is 10.0. The molecule has 1 N–H and O–H groups in total. The van der Waals surface area contributed by atoms with Gasteiger partial charge in [0, 0.05) is 50.0 Å². The lowest BCUT2D eigenvalue weighted by Gasteiger charge is -2.42. The van der Waals surface area contributed by atoms with Gasteiger partial charge in [-0.15, -0.1) is 0 Å². The van der Waals surface area contributed by atoms with Gasteiger partial charge >= 0.3 is 0 Å². The Balaban J connectivity index is 1.68. The number of aliphatic hydroxyl groups is 1. The van der Waals surface area contributed by atoms with Crippen LogP contribution in [0.4, 0.5) is 0 Å². The molecule has 1 fully saturated rings. The fourth-order valence-corrected chi connectivity index (χ4v) is 3.73. The normalized spacial score (nSPS) is 17.9. The molecule has 2 heterocycles. The van der Waals surface area contributed by atoms with Gasteiger partial charge in [-0.3, -0.25) is 9.69 Å². The second-order valence-electron chi connectivity index (χ2n) is 7.94. The average Bonchev–Trinajstić information content (AvgIpc) is 2.69. The van der Waals surface area contributed by atoms with Crippen molar-refractivity contribution in [2.24, 2.45) is 5.92 Å². The third-order valence-corrected chi connectivity index (χ3v) is 5.18. The Hall–Kier alpha value is -2.31. The van der Waals surface area contributed by atoms with E-state index in [1.165, 1.54) is 0 Å². The highest BCUT2D eigenvalue weighted by Gasteiger charge is 2.29. The second kappa shape index (κ2) is 9.26. The summed E-state index contributed by atoms with van der Waals surface area (Å²) in [5.74, 6) is 0.620. The largest absolute Gasteiger partial charge is 0.396 e. The van der Waals surface area contributed by atoms with E-state index in [1.54, 1.807) is 0 Å². The van der Waals surface area contributed by atoms with E-state index in [0.29, 0.717) is 24.4 Å². The zero-order valence-electron chi connectivity index (χ0n) is 17.0. The topological polar surface area (TPSA) is 69.6 Å². The van der Waals surface area contributed by atoms with Gasteiger partial charge < -0.3 is 10.0 Å². The van der Waals surface area contributed by atoms with Crippen LogP contribution in [0.25, 0.3) is 11.3 Å². The molecule has 6 nitrogen and oxygen atoms in total. The number of aryl methyl sites for hydroxylation is 1. The van der Waals surface area contributed by atoms with Gasteiger partial charge in [-0.1, -0.05) is 26.0 Å². The van der Waals surface area contributed by atoms with Crippen LogP contribution in [0.15, 0.2) is 36.4 Å². The van der Waals surface area contributed by atoms with Crippen molar-refractivity contribution in [3.63, 3.8) is 0 Å². The summed E-state index contributed by atoms with van der Waals surface area (Å²) in [5, 5.41) is 17.7. The number of benzene rings is 1. The van der Waals surface area contributed by atoms with E-state index in [4.69, 9.17) is 0 Å². The number of aliphatic hydroxyl groups excluding tert-OH is 1. The van der Waals surface area contributed by atoms with Gasteiger partial charge in [0.15, 0.2) is 0 Å². The van der Waals surface area contributed by atoms with Crippen LogP contribution in [0.5, 0.6) is 0 Å². The molecule has 0 saturated carbocycles. The van der Waals surface area contributed by atoms with Crippen molar-refractivity contribution < 1.29 is 9.90 Å². The number of hydrogen-bond donors (Lipinski definition) is 1. The number of hydrogen-bond acceptors (Lipinski definition) is 5. The third-order valence-electron chi connectivity index (χ3n) is 5.18. The van der Waals surface area contributed by atoms with Crippen LogP contribution in [0.3, 0.4) is 0 Å². The summed E-state index contributed by atoms with van der Waals surface area (Å²) in [6, 6.07) is 11.7. The van der Waals surface area contributed by atoms with Crippen molar-refractivity contribution in [1.82, 2.24) is 20.0 Å². The van der Waals surface area contributed by atoms with E-state index < -0.39 is 0 Å². The van der Waals surface area contributed by atoms with E-state index in [0.717, 1.165) is 36.6 Å². The summed E-state index contributed by atoms with van der Waals surface area (Å²) in [6.45, 7) is 9.69. The molecule has 0 radical (unpaired) electrons. The van der Waals surface area contributed by atoms with Crippen LogP contribution in [0, 0.1) is 12.8 Å². The Morgan fingerprint density at radius 3 is 2.50 bits per heavy atom. The average molecular weight is 383 g/mol. The van der Waals surface area contributed by atoms with E-state index in [9.17, 15) is 9.90 Å².